The molecule has 0 amide bonds. The van der Waals surface area contributed by atoms with Crippen molar-refractivity contribution in [3.63, 3.8) is 0 Å². The Kier molecular flexibility index (Phi) is 1.90. The summed E-state index contributed by atoms with van der Waals surface area (Å²) in [7, 11) is 0. The SMILES string of the molecule is C[C@@H]1CC[C@H](C(F)(F)F)N1. The monoisotopic (exact) mass is 153 g/mol. The molecule has 0 radical (unpaired) electrons. The van der Waals surface area contributed by atoms with Crippen LogP contribution in [0.5, 0.6) is 0 Å². The van der Waals surface area contributed by atoms with Gasteiger partial charge in [0.25, 0.3) is 0 Å². The Bertz CT molecular complexity index is 121. The van der Waals surface area contributed by atoms with Gasteiger partial charge in [0.05, 0.1) is 0 Å². The first-order valence-corrected chi connectivity index (χ1v) is 3.33. The summed E-state index contributed by atoms with van der Waals surface area (Å²) in [6, 6.07) is -1.24. The second-order valence-electron chi connectivity index (χ2n) is 2.74. The first-order chi connectivity index (χ1) is 4.50. The van der Waals surface area contributed by atoms with Crippen molar-refractivity contribution in [1.29, 1.82) is 0 Å². The smallest absolute Gasteiger partial charge is 0.304 e. The topological polar surface area (TPSA) is 12.0 Å². The molecule has 1 saturated heterocycles. The quantitative estimate of drug-likeness (QED) is 0.558. The van der Waals surface area contributed by atoms with Gasteiger partial charge in [0.15, 0.2) is 0 Å². The number of rotatable bonds is 0. The molecule has 10 heavy (non-hydrogen) atoms. The van der Waals surface area contributed by atoms with Crippen LogP contribution in [0.3, 0.4) is 0 Å². The number of hydrogen-bond donors (Lipinski definition) is 1. The van der Waals surface area contributed by atoms with Crippen LogP contribution in [0.15, 0.2) is 0 Å². The average Bonchev–Trinajstić information content (AvgIpc) is 2.11. The zero-order valence-corrected chi connectivity index (χ0v) is 5.70. The average molecular weight is 153 g/mol. The third-order valence-corrected chi connectivity index (χ3v) is 1.77. The van der Waals surface area contributed by atoms with E-state index in [1.807, 2.05) is 0 Å². The van der Waals surface area contributed by atoms with Crippen LogP contribution in [-0.4, -0.2) is 18.3 Å². The minimum Gasteiger partial charge on any atom is -0.304 e. The molecule has 0 saturated carbocycles. The molecule has 0 unspecified atom stereocenters. The summed E-state index contributed by atoms with van der Waals surface area (Å²) in [5.41, 5.74) is 0. The molecule has 1 N–H and O–H groups in total. The molecule has 1 nitrogen and oxygen atoms in total. The zero-order valence-electron chi connectivity index (χ0n) is 5.70. The highest BCUT2D eigenvalue weighted by molar-refractivity contribution is 4.85. The lowest BCUT2D eigenvalue weighted by atomic mass is 10.2. The molecular formula is C6H10F3N. The lowest BCUT2D eigenvalue weighted by Gasteiger charge is -2.14. The molecule has 0 aromatic carbocycles. The van der Waals surface area contributed by atoms with Crippen LogP contribution < -0.4 is 5.32 Å². The van der Waals surface area contributed by atoms with Crippen molar-refractivity contribution in [2.45, 2.75) is 38.0 Å². The van der Waals surface area contributed by atoms with Crippen molar-refractivity contribution in [1.82, 2.24) is 5.32 Å². The fourth-order valence-corrected chi connectivity index (χ4v) is 1.18. The van der Waals surface area contributed by atoms with Gasteiger partial charge in [0.1, 0.15) is 6.04 Å². The Balaban J connectivity index is 2.45. The van der Waals surface area contributed by atoms with Gasteiger partial charge in [0, 0.05) is 6.04 Å². The molecule has 60 valence electrons. The van der Waals surface area contributed by atoms with E-state index in [-0.39, 0.29) is 12.5 Å². The van der Waals surface area contributed by atoms with Crippen LogP contribution in [0.1, 0.15) is 19.8 Å². The predicted molar refractivity (Wildman–Crippen MR) is 31.7 cm³/mol. The largest absolute Gasteiger partial charge is 0.403 e. The Morgan fingerprint density at radius 3 is 2.10 bits per heavy atom. The van der Waals surface area contributed by atoms with E-state index in [9.17, 15) is 13.2 Å². The molecule has 2 atom stereocenters. The number of hydrogen-bond acceptors (Lipinski definition) is 1. The Hall–Kier alpha value is -0.250. The third-order valence-electron chi connectivity index (χ3n) is 1.77. The fraction of sp³-hybridized carbons (Fsp3) is 1.00. The van der Waals surface area contributed by atoms with Crippen molar-refractivity contribution in [2.24, 2.45) is 0 Å². The fourth-order valence-electron chi connectivity index (χ4n) is 1.18. The van der Waals surface area contributed by atoms with Gasteiger partial charge in [-0.2, -0.15) is 13.2 Å². The van der Waals surface area contributed by atoms with Gasteiger partial charge >= 0.3 is 6.18 Å². The maximum absolute atomic E-state index is 11.9. The van der Waals surface area contributed by atoms with Gasteiger partial charge in [0.2, 0.25) is 0 Å². The summed E-state index contributed by atoms with van der Waals surface area (Å²) in [5.74, 6) is 0. The third kappa shape index (κ3) is 1.62. The molecule has 4 heteroatoms. The van der Waals surface area contributed by atoms with Crippen molar-refractivity contribution in [2.75, 3.05) is 0 Å². The molecule has 0 aromatic heterocycles. The van der Waals surface area contributed by atoms with Crippen LogP contribution >= 0.6 is 0 Å². The van der Waals surface area contributed by atoms with E-state index in [4.69, 9.17) is 0 Å². The summed E-state index contributed by atoms with van der Waals surface area (Å²) in [5, 5.41) is 2.47. The highest BCUT2D eigenvalue weighted by Crippen LogP contribution is 2.28. The van der Waals surface area contributed by atoms with E-state index in [0.29, 0.717) is 6.42 Å². The Morgan fingerprint density at radius 2 is 1.90 bits per heavy atom. The summed E-state index contributed by atoms with van der Waals surface area (Å²) in [6.07, 6.45) is -3.19. The molecule has 1 fully saturated rings. The number of nitrogens with one attached hydrogen (secondary N) is 1. The minimum atomic E-state index is -4.05. The predicted octanol–water partition coefficient (Wildman–Crippen LogP) is 1.69. The normalized spacial score (nSPS) is 34.8. The van der Waals surface area contributed by atoms with Gasteiger partial charge < -0.3 is 5.32 Å². The van der Waals surface area contributed by atoms with Gasteiger partial charge in [-0.1, -0.05) is 0 Å². The molecular weight excluding hydrogens is 143 g/mol. The second kappa shape index (κ2) is 2.42. The van der Waals surface area contributed by atoms with E-state index >= 15 is 0 Å². The first-order valence-electron chi connectivity index (χ1n) is 3.33. The highest BCUT2D eigenvalue weighted by atomic mass is 19.4. The van der Waals surface area contributed by atoms with Crippen LogP contribution in [0.4, 0.5) is 13.2 Å². The van der Waals surface area contributed by atoms with Gasteiger partial charge in [-0.05, 0) is 19.8 Å². The van der Waals surface area contributed by atoms with Crippen molar-refractivity contribution >= 4 is 0 Å². The van der Waals surface area contributed by atoms with Gasteiger partial charge in [-0.25, -0.2) is 0 Å². The Labute approximate surface area is 57.6 Å². The first kappa shape index (κ1) is 7.85. The summed E-state index contributed by atoms with van der Waals surface area (Å²) in [4.78, 5) is 0. The maximum Gasteiger partial charge on any atom is 0.403 e. The lowest BCUT2D eigenvalue weighted by molar-refractivity contribution is -0.152. The molecule has 0 aromatic rings. The number of alkyl halides is 3. The molecule has 1 heterocycles. The minimum absolute atomic E-state index is 0.0200. The highest BCUT2D eigenvalue weighted by Gasteiger charge is 2.42. The van der Waals surface area contributed by atoms with Crippen molar-refractivity contribution in [3.8, 4) is 0 Å². The second-order valence-corrected chi connectivity index (χ2v) is 2.74. The van der Waals surface area contributed by atoms with E-state index in [1.165, 1.54) is 0 Å². The van der Waals surface area contributed by atoms with Gasteiger partial charge in [-0.15, -0.1) is 0 Å². The maximum atomic E-state index is 11.9. The molecule has 1 aliphatic heterocycles. The van der Waals surface area contributed by atoms with E-state index in [2.05, 4.69) is 5.32 Å². The lowest BCUT2D eigenvalue weighted by Crippen LogP contribution is -2.39. The molecule has 0 spiro atoms. The Morgan fingerprint density at radius 1 is 1.30 bits per heavy atom. The summed E-state index contributed by atoms with van der Waals surface area (Å²) in [6.45, 7) is 1.77. The molecule has 1 aliphatic rings. The van der Waals surface area contributed by atoms with Crippen LogP contribution in [0.2, 0.25) is 0 Å². The molecule has 0 bridgehead atoms. The zero-order chi connectivity index (χ0) is 7.78. The standard InChI is InChI=1S/C6H10F3N/c1-4-2-3-5(10-4)6(7,8)9/h4-5,10H,2-3H2,1H3/t4-,5-/m1/s1. The van der Waals surface area contributed by atoms with E-state index in [0.717, 1.165) is 0 Å². The van der Waals surface area contributed by atoms with Crippen molar-refractivity contribution < 1.29 is 13.2 Å². The number of halogens is 3. The van der Waals surface area contributed by atoms with E-state index in [1.54, 1.807) is 6.92 Å². The van der Waals surface area contributed by atoms with Crippen LogP contribution in [0.25, 0.3) is 0 Å². The summed E-state index contributed by atoms with van der Waals surface area (Å²) >= 11 is 0. The van der Waals surface area contributed by atoms with Crippen molar-refractivity contribution in [3.05, 3.63) is 0 Å². The van der Waals surface area contributed by atoms with Crippen LogP contribution in [-0.2, 0) is 0 Å². The van der Waals surface area contributed by atoms with Crippen LogP contribution in [0, 0.1) is 0 Å². The molecule has 1 rings (SSSR count). The van der Waals surface area contributed by atoms with Gasteiger partial charge in [-0.3, -0.25) is 0 Å². The van der Waals surface area contributed by atoms with E-state index < -0.39 is 12.2 Å². The summed E-state index contributed by atoms with van der Waals surface area (Å²) < 4.78 is 35.6. The molecule has 0 aliphatic carbocycles.